The molecular formula is C22H30O3. The van der Waals surface area contributed by atoms with E-state index >= 15 is 0 Å². The molecule has 4 aliphatic carbocycles. The Morgan fingerprint density at radius 3 is 2.60 bits per heavy atom. The van der Waals surface area contributed by atoms with Crippen molar-refractivity contribution in [3.05, 3.63) is 35.4 Å². The van der Waals surface area contributed by atoms with Crippen LogP contribution in [0.3, 0.4) is 0 Å². The molecule has 1 aromatic rings. The fraction of sp³-hybridized carbons (Fsp3) is 0.636. The second kappa shape index (κ2) is 6.68. The van der Waals surface area contributed by atoms with E-state index in [0.717, 1.165) is 43.1 Å². The Morgan fingerprint density at radius 1 is 1.20 bits per heavy atom. The maximum absolute atomic E-state index is 9.87. The molecular weight excluding hydrogens is 312 g/mol. The van der Waals surface area contributed by atoms with E-state index in [0.29, 0.717) is 17.6 Å². The molecule has 3 nitrogen and oxygen atoms in total. The van der Waals surface area contributed by atoms with Gasteiger partial charge in [-0.15, -0.1) is 0 Å². The smallest absolute Gasteiger partial charge is 0.125 e. The summed E-state index contributed by atoms with van der Waals surface area (Å²) in [5, 5.41) is 9.87. The van der Waals surface area contributed by atoms with Gasteiger partial charge < -0.3 is 14.6 Å². The summed E-state index contributed by atoms with van der Waals surface area (Å²) in [6.07, 6.45) is 8.45. The van der Waals surface area contributed by atoms with Crippen molar-refractivity contribution in [2.24, 2.45) is 17.8 Å². The zero-order valence-electron chi connectivity index (χ0n) is 15.5. The number of phenols is 1. The van der Waals surface area contributed by atoms with E-state index in [1.165, 1.54) is 31.3 Å². The highest BCUT2D eigenvalue weighted by atomic mass is 16.5. The minimum absolute atomic E-state index is 0.118. The van der Waals surface area contributed by atoms with Crippen molar-refractivity contribution >= 4 is 5.76 Å². The highest BCUT2D eigenvalue weighted by Gasteiger charge is 2.54. The van der Waals surface area contributed by atoms with Gasteiger partial charge in [0.05, 0.1) is 12.7 Å². The first-order valence-corrected chi connectivity index (χ1v) is 9.85. The molecule has 2 atom stereocenters. The number of allylic oxidation sites excluding steroid dienone is 1. The zero-order chi connectivity index (χ0) is 17.4. The van der Waals surface area contributed by atoms with Crippen LogP contribution in [-0.2, 0) is 9.47 Å². The van der Waals surface area contributed by atoms with E-state index in [1.54, 1.807) is 13.2 Å². The molecule has 4 bridgehead atoms. The van der Waals surface area contributed by atoms with E-state index in [9.17, 15) is 5.11 Å². The molecule has 0 saturated heterocycles. The molecule has 5 rings (SSSR count). The predicted molar refractivity (Wildman–Crippen MR) is 99.2 cm³/mol. The molecule has 1 N–H and O–H groups in total. The van der Waals surface area contributed by atoms with E-state index in [-0.39, 0.29) is 5.60 Å². The summed E-state index contributed by atoms with van der Waals surface area (Å²) in [5.41, 5.74) is 2.61. The van der Waals surface area contributed by atoms with Gasteiger partial charge in [-0.3, -0.25) is 0 Å². The number of ether oxygens (including phenoxy) is 2. The van der Waals surface area contributed by atoms with Crippen LogP contribution in [0.2, 0.25) is 0 Å². The lowest BCUT2D eigenvalue weighted by Gasteiger charge is -2.57. The van der Waals surface area contributed by atoms with Crippen molar-refractivity contribution in [1.82, 2.24) is 0 Å². The largest absolute Gasteiger partial charge is 0.508 e. The number of rotatable bonds is 6. The Hall–Kier alpha value is -1.48. The maximum atomic E-state index is 9.87. The van der Waals surface area contributed by atoms with E-state index < -0.39 is 0 Å². The Balaban J connectivity index is 1.65. The summed E-state index contributed by atoms with van der Waals surface area (Å²) in [5.74, 6) is 3.25. The van der Waals surface area contributed by atoms with Crippen LogP contribution < -0.4 is 0 Å². The molecule has 4 fully saturated rings. The zero-order valence-corrected chi connectivity index (χ0v) is 15.5. The minimum atomic E-state index is 0.118. The summed E-state index contributed by atoms with van der Waals surface area (Å²) in [4.78, 5) is 0. The van der Waals surface area contributed by atoms with Crippen LogP contribution in [0.1, 0.15) is 57.4 Å². The first-order valence-electron chi connectivity index (χ1n) is 9.85. The number of hydrogen-bond donors (Lipinski definition) is 1. The Bertz CT molecular complexity index is 645. The summed E-state index contributed by atoms with van der Waals surface area (Å²) < 4.78 is 12.3. The van der Waals surface area contributed by atoms with Gasteiger partial charge in [-0.2, -0.15) is 0 Å². The summed E-state index contributed by atoms with van der Waals surface area (Å²) in [7, 11) is 1.77. The lowest BCUT2D eigenvalue weighted by Crippen LogP contribution is -2.53. The molecule has 2 unspecified atom stereocenters. The fourth-order valence-corrected chi connectivity index (χ4v) is 5.75. The number of phenolic OH excluding ortho intramolecular Hbond substituents is 1. The van der Waals surface area contributed by atoms with Crippen molar-refractivity contribution in [3.63, 3.8) is 0 Å². The van der Waals surface area contributed by atoms with Gasteiger partial charge in [0.15, 0.2) is 0 Å². The van der Waals surface area contributed by atoms with Gasteiger partial charge in [-0.05, 0) is 74.0 Å². The van der Waals surface area contributed by atoms with Crippen LogP contribution in [-0.4, -0.2) is 24.4 Å². The van der Waals surface area contributed by atoms with Gasteiger partial charge in [0.1, 0.15) is 11.5 Å². The topological polar surface area (TPSA) is 38.7 Å². The van der Waals surface area contributed by atoms with Crippen LogP contribution in [0.5, 0.6) is 5.75 Å². The van der Waals surface area contributed by atoms with E-state index in [4.69, 9.17) is 9.47 Å². The number of benzene rings is 1. The van der Waals surface area contributed by atoms with Gasteiger partial charge in [0.25, 0.3) is 0 Å². The lowest BCUT2D eigenvalue weighted by molar-refractivity contribution is -0.144. The predicted octanol–water partition coefficient (Wildman–Crippen LogP) is 5.15. The van der Waals surface area contributed by atoms with E-state index in [2.05, 4.69) is 6.92 Å². The van der Waals surface area contributed by atoms with Gasteiger partial charge in [-0.25, -0.2) is 0 Å². The highest BCUT2D eigenvalue weighted by Crippen LogP contribution is 2.60. The monoisotopic (exact) mass is 342 g/mol. The second-order valence-electron chi connectivity index (χ2n) is 8.27. The van der Waals surface area contributed by atoms with Crippen LogP contribution in [0, 0.1) is 17.8 Å². The van der Waals surface area contributed by atoms with Crippen LogP contribution in [0.15, 0.2) is 29.8 Å². The molecule has 1 aromatic carbocycles. The molecule has 0 aromatic heterocycles. The number of hydrogen-bond acceptors (Lipinski definition) is 3. The number of unbranched alkanes of at least 4 members (excludes halogenated alkanes) is 1. The molecule has 4 saturated carbocycles. The van der Waals surface area contributed by atoms with Gasteiger partial charge in [-0.1, -0.05) is 25.5 Å². The fourth-order valence-electron chi connectivity index (χ4n) is 5.75. The van der Waals surface area contributed by atoms with Gasteiger partial charge in [0.2, 0.25) is 0 Å². The van der Waals surface area contributed by atoms with Crippen molar-refractivity contribution in [2.75, 3.05) is 13.7 Å². The first-order chi connectivity index (χ1) is 12.1. The summed E-state index contributed by atoms with van der Waals surface area (Å²) in [6, 6.07) is 7.49. The molecule has 0 amide bonds. The van der Waals surface area contributed by atoms with Crippen LogP contribution in [0.25, 0.3) is 5.76 Å². The van der Waals surface area contributed by atoms with Crippen molar-refractivity contribution in [2.45, 2.75) is 57.5 Å². The average molecular weight is 342 g/mol. The second-order valence-corrected chi connectivity index (χ2v) is 8.27. The summed E-state index contributed by atoms with van der Waals surface area (Å²) in [6.45, 7) is 3.13. The third kappa shape index (κ3) is 3.08. The molecule has 0 aliphatic heterocycles. The van der Waals surface area contributed by atoms with Crippen molar-refractivity contribution in [1.29, 1.82) is 0 Å². The van der Waals surface area contributed by atoms with Crippen molar-refractivity contribution < 1.29 is 14.6 Å². The maximum Gasteiger partial charge on any atom is 0.125 e. The lowest BCUT2D eigenvalue weighted by atomic mass is 9.52. The molecule has 4 aliphatic rings. The quantitative estimate of drug-likeness (QED) is 0.574. The molecule has 136 valence electrons. The number of aromatic hydroxyl groups is 1. The standard InChI is InChI=1S/C22H30O3/c1-3-4-8-25-22-12-15-9-17(13-22)20(18(10-15)14-22)21(24-2)16-6-5-7-19(23)11-16/h5-7,11,15,17-18,23H,3-4,8-10,12-14H2,1-2H3. The molecule has 25 heavy (non-hydrogen) atoms. The normalized spacial score (nSPS) is 32.9. The minimum Gasteiger partial charge on any atom is -0.508 e. The average Bonchev–Trinajstić information content (AvgIpc) is 2.57. The third-order valence-corrected chi connectivity index (χ3v) is 6.49. The highest BCUT2D eigenvalue weighted by molar-refractivity contribution is 5.66. The molecule has 0 heterocycles. The Labute approximate surface area is 151 Å². The summed E-state index contributed by atoms with van der Waals surface area (Å²) >= 11 is 0. The van der Waals surface area contributed by atoms with E-state index in [1.807, 2.05) is 18.2 Å². The Morgan fingerprint density at radius 2 is 1.96 bits per heavy atom. The van der Waals surface area contributed by atoms with Crippen LogP contribution >= 0.6 is 0 Å². The van der Waals surface area contributed by atoms with Crippen molar-refractivity contribution in [3.8, 4) is 5.75 Å². The number of methoxy groups -OCH3 is 1. The van der Waals surface area contributed by atoms with Gasteiger partial charge >= 0.3 is 0 Å². The molecule has 3 heteroatoms. The Kier molecular flexibility index (Phi) is 4.53. The molecule has 0 radical (unpaired) electrons. The third-order valence-electron chi connectivity index (χ3n) is 6.49. The molecule has 0 spiro atoms. The van der Waals surface area contributed by atoms with Crippen LogP contribution in [0.4, 0.5) is 0 Å². The first kappa shape index (κ1) is 17.0. The van der Waals surface area contributed by atoms with Gasteiger partial charge in [0, 0.05) is 12.2 Å². The SMILES string of the molecule is CCCCOC12CC3CC(C1)C(=C(OC)c1cccc(O)c1)C(C3)C2.